The first kappa shape index (κ1) is 55.6. The van der Waals surface area contributed by atoms with E-state index in [9.17, 15) is 76.3 Å². The van der Waals surface area contributed by atoms with E-state index in [-0.39, 0.29) is 43.5 Å². The fourth-order valence-electron chi connectivity index (χ4n) is 15.1. The number of carbonyl (C=O) groups is 1. The van der Waals surface area contributed by atoms with Crippen molar-refractivity contribution in [1.29, 1.82) is 0 Å². The van der Waals surface area contributed by atoms with Crippen LogP contribution in [0.25, 0.3) is 0 Å². The van der Waals surface area contributed by atoms with Crippen LogP contribution in [0.5, 0.6) is 0 Å². The Bertz CT molecular complexity index is 1760. The third-order valence-corrected chi connectivity index (χ3v) is 19.2. The lowest BCUT2D eigenvalue weighted by Gasteiger charge is -2.71. The molecule has 0 aromatic rings. The number of ketones is 1. The molecule has 3 heterocycles. The summed E-state index contributed by atoms with van der Waals surface area (Å²) in [7, 11) is 0. The van der Waals surface area contributed by atoms with Gasteiger partial charge in [-0.05, 0) is 97.2 Å². The number of rotatable bonds is 15. The van der Waals surface area contributed by atoms with Gasteiger partial charge in [0.2, 0.25) is 0 Å². The van der Waals surface area contributed by atoms with Gasteiger partial charge in [-0.2, -0.15) is 0 Å². The minimum Gasteiger partial charge on any atom is -0.396 e. The average molecular weight is 995 g/mol. The number of carbonyl (C=O) groups excluding carboxylic acids is 1. The first-order valence-corrected chi connectivity index (χ1v) is 24.9. The van der Waals surface area contributed by atoms with Crippen LogP contribution in [0.15, 0.2) is 0 Å². The van der Waals surface area contributed by atoms with Crippen LogP contribution in [-0.4, -0.2) is 220 Å². The molecule has 7 aliphatic rings. The topological polar surface area (TPSA) is 356 Å². The maximum Gasteiger partial charge on any atom is 0.187 e. The molecule has 0 bridgehead atoms. The summed E-state index contributed by atoms with van der Waals surface area (Å²) in [6.07, 6.45) is -24.2. The van der Waals surface area contributed by atoms with Crippen molar-refractivity contribution in [2.45, 2.75) is 216 Å². The van der Waals surface area contributed by atoms with Gasteiger partial charge in [0.15, 0.2) is 18.9 Å². The molecule has 69 heavy (non-hydrogen) atoms. The van der Waals surface area contributed by atoms with Gasteiger partial charge < -0.3 is 99.9 Å². The summed E-state index contributed by atoms with van der Waals surface area (Å²) < 4.78 is 36.7. The molecule has 7 rings (SSSR count). The van der Waals surface area contributed by atoms with Gasteiger partial charge in [0, 0.05) is 12.3 Å². The fraction of sp³-hybridized carbons (Fsp3) is 0.979. The normalized spacial score (nSPS) is 52.2. The Labute approximate surface area is 403 Å². The summed E-state index contributed by atoms with van der Waals surface area (Å²) in [6.45, 7) is 11.4. The highest BCUT2D eigenvalue weighted by Crippen LogP contribution is 2.76. The molecule has 21 heteroatoms. The van der Waals surface area contributed by atoms with Gasteiger partial charge in [-0.15, -0.1) is 0 Å². The molecule has 4 unspecified atom stereocenters. The minimum atomic E-state index is -1.87. The number of ether oxygens (including phenoxy) is 6. The van der Waals surface area contributed by atoms with Crippen LogP contribution in [0.2, 0.25) is 0 Å². The van der Waals surface area contributed by atoms with E-state index in [1.54, 1.807) is 13.8 Å². The first-order chi connectivity index (χ1) is 32.2. The third kappa shape index (κ3) is 9.31. The van der Waals surface area contributed by atoms with Gasteiger partial charge in [0.05, 0.1) is 50.3 Å². The van der Waals surface area contributed by atoms with E-state index in [4.69, 9.17) is 28.4 Å². The smallest absolute Gasteiger partial charge is 0.187 e. The van der Waals surface area contributed by atoms with Crippen LogP contribution in [0.4, 0.5) is 0 Å². The molecular weight excluding hydrogens is 913 g/mol. The lowest BCUT2D eigenvalue weighted by Crippen LogP contribution is -2.70. The number of aliphatic hydroxyl groups excluding tert-OH is 14. The van der Waals surface area contributed by atoms with Gasteiger partial charge >= 0.3 is 0 Å². The SMILES string of the molecule is CC(CO)C(=O)CCC(C)(O[C@@H]1O[C@H](CO)[C@@H](O)[C@H](O)[C@H]1O)[C@H]1CC[C@]2(C)[C@@H]1[C@H](O)CC1[C@@]3(C)C[C@@H](O)[C@H](O[C@@H]4O[C@H](CO)[C@@H](O)[C@H](O)[C@H]4O[C@@H]4O[C@H](CO)[C@@H](O)[C@H](O)[C@H]4O)C(C)(C)C3CC[C@]12C. The Hall–Kier alpha value is -1.13. The molecule has 0 aromatic carbocycles. The Balaban J connectivity index is 1.15. The summed E-state index contributed by atoms with van der Waals surface area (Å²) in [5.41, 5.74) is -3.69. The summed E-state index contributed by atoms with van der Waals surface area (Å²) >= 11 is 0. The van der Waals surface area contributed by atoms with Crippen molar-refractivity contribution in [3.63, 3.8) is 0 Å². The van der Waals surface area contributed by atoms with E-state index >= 15 is 0 Å². The van der Waals surface area contributed by atoms with Crippen LogP contribution in [0, 0.1) is 51.2 Å². The van der Waals surface area contributed by atoms with Crippen molar-refractivity contribution < 1.29 is 105 Å². The summed E-state index contributed by atoms with van der Waals surface area (Å²) in [6, 6.07) is 0. The van der Waals surface area contributed by atoms with Crippen LogP contribution in [0.1, 0.15) is 99.8 Å². The molecule has 7 fully saturated rings. The first-order valence-electron chi connectivity index (χ1n) is 24.9. The van der Waals surface area contributed by atoms with Crippen molar-refractivity contribution in [3.8, 4) is 0 Å². The minimum absolute atomic E-state index is 0.00570. The molecule has 400 valence electrons. The summed E-state index contributed by atoms with van der Waals surface area (Å²) in [5.74, 6) is -1.97. The van der Waals surface area contributed by atoms with Crippen LogP contribution in [0.3, 0.4) is 0 Å². The lowest BCUT2D eigenvalue weighted by atomic mass is 9.35. The van der Waals surface area contributed by atoms with E-state index in [0.717, 1.165) is 0 Å². The zero-order chi connectivity index (χ0) is 51.1. The second-order valence-electron chi connectivity index (χ2n) is 23.3. The summed E-state index contributed by atoms with van der Waals surface area (Å²) in [5, 5.41) is 151. The third-order valence-electron chi connectivity index (χ3n) is 19.2. The second-order valence-corrected chi connectivity index (χ2v) is 23.3. The van der Waals surface area contributed by atoms with Crippen molar-refractivity contribution >= 4 is 5.78 Å². The van der Waals surface area contributed by atoms with Crippen molar-refractivity contribution in [2.75, 3.05) is 26.4 Å². The highest BCUT2D eigenvalue weighted by molar-refractivity contribution is 5.80. The second kappa shape index (κ2) is 20.5. The van der Waals surface area contributed by atoms with E-state index in [1.807, 2.05) is 13.8 Å². The van der Waals surface area contributed by atoms with Gasteiger partial charge in [-0.25, -0.2) is 0 Å². The number of fused-ring (bicyclic) bond motifs is 5. The maximum atomic E-state index is 13.3. The predicted molar refractivity (Wildman–Crippen MR) is 237 cm³/mol. The van der Waals surface area contributed by atoms with Crippen LogP contribution >= 0.6 is 0 Å². The zero-order valence-corrected chi connectivity index (χ0v) is 40.9. The van der Waals surface area contributed by atoms with Crippen molar-refractivity contribution in [1.82, 2.24) is 0 Å². The fourth-order valence-corrected chi connectivity index (χ4v) is 15.1. The molecule has 4 aliphatic carbocycles. The molecule has 4 saturated carbocycles. The molecule has 0 radical (unpaired) electrons. The van der Waals surface area contributed by atoms with Crippen LogP contribution < -0.4 is 0 Å². The molecule has 0 spiro atoms. The standard InChI is InChI=1S/C48H82O21/c1-20(16-49)22(53)9-13-48(7,69-42-38(63)35(60)32(57)26(18-51)65-42)21-8-11-47(6)30(21)23(54)14-29-45(4)15-24(55)40(44(2,3)28(45)10-12-46(29,47)5)68-43-39(36(61)33(58)27(19-52)66-43)67-41-37(62)34(59)31(56)25(17-50)64-41/h20-21,23-43,49-52,54-63H,8-19H2,1-7H3/t20?,21-,23+,24+,25+,26+,27+,28?,29?,30-,31+,32+,33+,34-,35-,36-,37+,38+,39+,40-,41-,42-,43-,45-,46+,47+,48?/m0/s1. The van der Waals surface area contributed by atoms with Crippen molar-refractivity contribution in [2.24, 2.45) is 51.2 Å². The number of hydrogen-bond donors (Lipinski definition) is 14. The van der Waals surface area contributed by atoms with E-state index in [0.29, 0.717) is 32.1 Å². The molecular formula is C48H82O21. The van der Waals surface area contributed by atoms with Gasteiger partial charge in [0.25, 0.3) is 0 Å². The van der Waals surface area contributed by atoms with Gasteiger partial charge in [-0.1, -0.05) is 41.5 Å². The lowest BCUT2D eigenvalue weighted by molar-refractivity contribution is -0.383. The van der Waals surface area contributed by atoms with E-state index in [2.05, 4.69) is 20.8 Å². The van der Waals surface area contributed by atoms with Gasteiger partial charge in [-0.3, -0.25) is 4.79 Å². The molecule has 27 atom stereocenters. The molecule has 3 saturated heterocycles. The van der Waals surface area contributed by atoms with E-state index in [1.165, 1.54) is 0 Å². The monoisotopic (exact) mass is 995 g/mol. The Morgan fingerprint density at radius 1 is 0.638 bits per heavy atom. The quantitative estimate of drug-likeness (QED) is 0.0736. The molecule has 3 aliphatic heterocycles. The largest absolute Gasteiger partial charge is 0.396 e. The number of aliphatic hydroxyl groups is 14. The Morgan fingerprint density at radius 2 is 1.16 bits per heavy atom. The Kier molecular flexibility index (Phi) is 16.6. The Morgan fingerprint density at radius 3 is 1.72 bits per heavy atom. The van der Waals surface area contributed by atoms with Crippen molar-refractivity contribution in [3.05, 3.63) is 0 Å². The highest BCUT2D eigenvalue weighted by Gasteiger charge is 2.73. The predicted octanol–water partition coefficient (Wildman–Crippen LogP) is -2.82. The number of hydrogen-bond acceptors (Lipinski definition) is 21. The summed E-state index contributed by atoms with van der Waals surface area (Å²) in [4.78, 5) is 13.3. The maximum absolute atomic E-state index is 13.3. The molecule has 21 nitrogen and oxygen atoms in total. The number of Topliss-reactive ketones (excluding diaryl/α,β-unsaturated/α-hetero) is 1. The zero-order valence-electron chi connectivity index (χ0n) is 40.9. The van der Waals surface area contributed by atoms with Gasteiger partial charge in [0.1, 0.15) is 79.0 Å². The molecule has 0 aromatic heterocycles. The molecule has 0 amide bonds. The van der Waals surface area contributed by atoms with Crippen LogP contribution in [-0.2, 0) is 33.2 Å². The van der Waals surface area contributed by atoms with E-state index < -0.39 is 175 Å². The average Bonchev–Trinajstić information content (AvgIpc) is 3.70. The molecule has 14 N–H and O–H groups in total. The highest BCUT2D eigenvalue weighted by atomic mass is 16.8.